The Morgan fingerprint density at radius 2 is 1.53 bits per heavy atom. The molecular weight excluding hydrogens is 543 g/mol. The molecule has 0 aromatic heterocycles. The van der Waals surface area contributed by atoms with Crippen LogP contribution >= 0.6 is 15.9 Å². The molecule has 10 heteroatoms. The Morgan fingerprint density at radius 3 is 2.06 bits per heavy atom. The van der Waals surface area contributed by atoms with Gasteiger partial charge in [-0.25, -0.2) is 0 Å². The molecule has 8 nitrogen and oxygen atoms in total. The van der Waals surface area contributed by atoms with Crippen LogP contribution in [-0.4, -0.2) is 46.3 Å². The molecule has 0 atom stereocenters. The fourth-order valence-corrected chi connectivity index (χ4v) is 4.45. The number of carbonyl (C=O) groups is 2. The average molecular weight is 565 g/mol. The van der Waals surface area contributed by atoms with Gasteiger partial charge in [0.1, 0.15) is 0 Å². The number of halogens is 1. The van der Waals surface area contributed by atoms with E-state index < -0.39 is 20.1 Å². The molecule has 0 aliphatic carbocycles. The van der Waals surface area contributed by atoms with E-state index in [4.69, 9.17) is 8.19 Å². The zero-order valence-electron chi connectivity index (χ0n) is 17.3. The third kappa shape index (κ3) is 7.10. The number of aromatic hydroxyl groups is 1. The van der Waals surface area contributed by atoms with Gasteiger partial charge in [0.25, 0.3) is 5.91 Å². The zero-order chi connectivity index (χ0) is 23.9. The Kier molecular flexibility index (Phi) is 8.86. The maximum Gasteiger partial charge on any atom is 0.258 e. The molecule has 0 spiro atoms. The van der Waals surface area contributed by atoms with Gasteiger partial charge in [-0.1, -0.05) is 34.1 Å². The first-order valence-electron chi connectivity index (χ1n) is 9.25. The summed E-state index contributed by atoms with van der Waals surface area (Å²) in [5.41, 5.74) is 1.34. The maximum atomic E-state index is 12.2. The number of hydrogen-bond acceptors (Lipinski definition) is 4. The number of nitrogens with one attached hydrogen (secondary N) is 1. The van der Waals surface area contributed by atoms with Gasteiger partial charge in [-0.05, 0) is 36.4 Å². The van der Waals surface area contributed by atoms with E-state index in [-0.39, 0.29) is 21.7 Å². The Labute approximate surface area is 196 Å². The van der Waals surface area contributed by atoms with Gasteiger partial charge in [0.05, 0.1) is 0 Å². The molecule has 2 amide bonds. The summed E-state index contributed by atoms with van der Waals surface area (Å²) in [6, 6.07) is 20.7. The Bertz CT molecular complexity index is 1130. The number of hydrogen-bond donors (Lipinski definition) is 4. The van der Waals surface area contributed by atoms with Crippen molar-refractivity contribution in [3.05, 3.63) is 82.8 Å². The summed E-state index contributed by atoms with van der Waals surface area (Å²) in [7, 11) is 1.78. The van der Waals surface area contributed by atoms with Crippen molar-refractivity contribution in [2.24, 2.45) is 0 Å². The smallest absolute Gasteiger partial charge is 0.258 e. The Morgan fingerprint density at radius 1 is 0.938 bits per heavy atom. The monoisotopic (exact) mass is 564 g/mol. The number of rotatable bonds is 4. The van der Waals surface area contributed by atoms with E-state index in [1.807, 2.05) is 54.6 Å². The molecule has 168 valence electrons. The van der Waals surface area contributed by atoms with E-state index >= 15 is 0 Å². The SMILES string of the molecule is CC(=O)Nc1c(O)cccc1[As](=O)(O)O.CN(C(=O)c1ccc(Br)cc1)c1ccccc1. The van der Waals surface area contributed by atoms with Gasteiger partial charge in [-0.15, -0.1) is 0 Å². The molecule has 32 heavy (non-hydrogen) atoms. The van der Waals surface area contributed by atoms with E-state index in [0.717, 1.165) is 10.2 Å². The number of phenolic OH excluding ortho intramolecular Hbond substituents is 1. The summed E-state index contributed by atoms with van der Waals surface area (Å²) in [5, 5.41) is 11.5. The number of benzene rings is 3. The third-order valence-electron chi connectivity index (χ3n) is 4.17. The predicted octanol–water partition coefficient (Wildman–Crippen LogP) is 2.64. The van der Waals surface area contributed by atoms with Crippen LogP contribution in [0.15, 0.2) is 77.3 Å². The third-order valence-corrected chi connectivity index (χ3v) is 6.80. The molecule has 0 heterocycles. The second kappa shape index (κ2) is 11.2. The topological polar surface area (TPSA) is 127 Å². The van der Waals surface area contributed by atoms with Crippen LogP contribution in [0.3, 0.4) is 0 Å². The van der Waals surface area contributed by atoms with E-state index in [1.165, 1.54) is 25.1 Å². The molecular formula is C22H22AsBrN2O6. The molecule has 4 N–H and O–H groups in total. The van der Waals surface area contributed by atoms with E-state index in [9.17, 15) is 18.4 Å². The first-order valence-corrected chi connectivity index (χ1v) is 13.4. The number of amides is 2. The van der Waals surface area contributed by atoms with Crippen LogP contribution in [0.2, 0.25) is 0 Å². The second-order valence-corrected chi connectivity index (χ2v) is 10.8. The summed E-state index contributed by atoms with van der Waals surface area (Å²) in [5.74, 6) is -0.891. The van der Waals surface area contributed by atoms with E-state index in [2.05, 4.69) is 21.2 Å². The first kappa shape index (κ1) is 25.4. The summed E-state index contributed by atoms with van der Waals surface area (Å²) in [4.78, 5) is 24.6. The zero-order valence-corrected chi connectivity index (χ0v) is 20.7. The van der Waals surface area contributed by atoms with Crippen molar-refractivity contribution in [3.63, 3.8) is 0 Å². The number of nitrogens with zero attached hydrogens (tertiary/aromatic N) is 1. The van der Waals surface area contributed by atoms with Crippen molar-refractivity contribution in [2.75, 3.05) is 17.3 Å². The van der Waals surface area contributed by atoms with Gasteiger partial charge in [-0.2, -0.15) is 0 Å². The van der Waals surface area contributed by atoms with Crippen molar-refractivity contribution >= 4 is 57.6 Å². The Hall–Kier alpha value is -2.84. The fourth-order valence-electron chi connectivity index (χ4n) is 2.63. The molecule has 0 fully saturated rings. The summed E-state index contributed by atoms with van der Waals surface area (Å²) in [6.45, 7) is 1.18. The van der Waals surface area contributed by atoms with Gasteiger partial charge in [0.15, 0.2) is 0 Å². The largest absolute Gasteiger partial charge is 0.311 e. The number of anilines is 2. The minimum absolute atomic E-state index is 0.0105. The van der Waals surface area contributed by atoms with Crippen LogP contribution in [0.4, 0.5) is 11.4 Å². The molecule has 0 aliphatic heterocycles. The van der Waals surface area contributed by atoms with Crippen molar-refractivity contribution in [1.29, 1.82) is 0 Å². The van der Waals surface area contributed by atoms with Gasteiger partial charge in [0.2, 0.25) is 0 Å². The standard InChI is InChI=1S/C14H12BrNO.C8H10AsNO5/c1-16(13-5-3-2-4-6-13)14(17)11-7-9-12(15)10-8-11;1-5(11)10-8-6(9(13,14)15)3-2-4-7(8)12/h2-10H,1H3;2-4,12H,1H3,(H,10,11)(H2,13,14,15). The van der Waals surface area contributed by atoms with Crippen LogP contribution in [-0.2, 0) is 8.53 Å². The first-order chi connectivity index (χ1) is 15.0. The minimum Gasteiger partial charge on any atom is -0.311 e. The molecule has 0 bridgehead atoms. The van der Waals surface area contributed by atoms with Crippen LogP contribution < -0.4 is 14.6 Å². The molecule has 3 rings (SSSR count). The van der Waals surface area contributed by atoms with Crippen molar-refractivity contribution in [1.82, 2.24) is 0 Å². The van der Waals surface area contributed by atoms with Crippen LogP contribution in [0.5, 0.6) is 5.75 Å². The van der Waals surface area contributed by atoms with Crippen LogP contribution in [0.1, 0.15) is 17.3 Å². The van der Waals surface area contributed by atoms with Crippen molar-refractivity contribution in [3.8, 4) is 5.75 Å². The predicted molar refractivity (Wildman–Crippen MR) is 126 cm³/mol. The molecule has 0 saturated carbocycles. The summed E-state index contributed by atoms with van der Waals surface area (Å²) in [6.07, 6.45) is 0. The number of carbonyl (C=O) groups excluding carboxylic acids is 2. The molecule has 3 aromatic carbocycles. The normalized spacial score (nSPS) is 10.5. The maximum absolute atomic E-state index is 12.2. The van der Waals surface area contributed by atoms with Gasteiger partial charge in [-0.3, -0.25) is 4.79 Å². The van der Waals surface area contributed by atoms with Gasteiger partial charge in [0, 0.05) is 22.8 Å². The Balaban J connectivity index is 0.000000229. The molecule has 0 radical (unpaired) electrons. The summed E-state index contributed by atoms with van der Waals surface area (Å²) >= 11 is -1.79. The minimum atomic E-state index is -5.14. The van der Waals surface area contributed by atoms with Crippen molar-refractivity contribution in [2.45, 2.75) is 6.92 Å². The average Bonchev–Trinajstić information content (AvgIpc) is 2.75. The van der Waals surface area contributed by atoms with Gasteiger partial charge >= 0.3 is 88.1 Å². The van der Waals surface area contributed by atoms with E-state index in [1.54, 1.807) is 11.9 Å². The number of phenols is 1. The van der Waals surface area contributed by atoms with E-state index in [0.29, 0.717) is 5.56 Å². The van der Waals surface area contributed by atoms with Gasteiger partial charge < -0.3 is 4.90 Å². The molecule has 0 aliphatic rings. The van der Waals surface area contributed by atoms with Crippen LogP contribution in [0.25, 0.3) is 0 Å². The van der Waals surface area contributed by atoms with Crippen LogP contribution in [0, 0.1) is 0 Å². The fraction of sp³-hybridized carbons (Fsp3) is 0.0909. The molecule has 0 unspecified atom stereocenters. The molecule has 0 saturated heterocycles. The second-order valence-electron chi connectivity index (χ2n) is 6.60. The summed E-state index contributed by atoms with van der Waals surface area (Å²) < 4.78 is 29.7. The number of para-hydroxylation sites is 2. The quantitative estimate of drug-likeness (QED) is 0.285. The molecule has 3 aromatic rings. The van der Waals surface area contributed by atoms with Crippen molar-refractivity contribution < 1.29 is 26.6 Å².